The molecule has 1 unspecified atom stereocenters. The second kappa shape index (κ2) is 7.53. The summed E-state index contributed by atoms with van der Waals surface area (Å²) >= 11 is 0. The second-order valence-electron chi connectivity index (χ2n) is 6.53. The normalized spacial score (nSPS) is 11.9. The van der Waals surface area contributed by atoms with E-state index in [-0.39, 0.29) is 17.6 Å². The number of rotatable bonds is 5. The molecule has 3 aromatic rings. The van der Waals surface area contributed by atoms with Crippen LogP contribution in [0.5, 0.6) is 0 Å². The first-order valence-corrected chi connectivity index (χ1v) is 8.64. The van der Waals surface area contributed by atoms with Crippen LogP contribution in [0.15, 0.2) is 59.7 Å². The van der Waals surface area contributed by atoms with Crippen molar-refractivity contribution in [1.82, 2.24) is 9.13 Å². The van der Waals surface area contributed by atoms with Gasteiger partial charge >= 0.3 is 5.97 Å². The fraction of sp³-hybridized carbons (Fsp3) is 0.238. The predicted octanol–water partition coefficient (Wildman–Crippen LogP) is 3.02. The molecule has 0 radical (unpaired) electrons. The minimum absolute atomic E-state index is 0.0362. The fourth-order valence-electron chi connectivity index (χ4n) is 3.26. The Hall–Kier alpha value is -3.28. The van der Waals surface area contributed by atoms with Crippen molar-refractivity contribution in [2.75, 3.05) is 12.4 Å². The van der Waals surface area contributed by atoms with Gasteiger partial charge in [0, 0.05) is 32.1 Å². The first-order valence-electron chi connectivity index (χ1n) is 8.64. The van der Waals surface area contributed by atoms with Crippen molar-refractivity contribution in [2.45, 2.75) is 13.0 Å². The average Bonchev–Trinajstić information content (AvgIpc) is 3.05. The van der Waals surface area contributed by atoms with E-state index >= 15 is 0 Å². The quantitative estimate of drug-likeness (QED) is 0.706. The Morgan fingerprint density at radius 1 is 1.11 bits per heavy atom. The molecule has 2 heterocycles. The molecule has 0 bridgehead atoms. The number of nitrogens with one attached hydrogen (secondary N) is 1. The van der Waals surface area contributed by atoms with Gasteiger partial charge in [0.05, 0.1) is 30.1 Å². The lowest BCUT2D eigenvalue weighted by Gasteiger charge is -2.23. The van der Waals surface area contributed by atoms with Crippen molar-refractivity contribution in [3.8, 4) is 0 Å². The molecule has 1 N–H and O–H groups in total. The van der Waals surface area contributed by atoms with Crippen molar-refractivity contribution >= 4 is 11.7 Å². The molecule has 27 heavy (non-hydrogen) atoms. The van der Waals surface area contributed by atoms with Crippen LogP contribution < -0.4 is 10.9 Å². The SMILES string of the molecule is COC(=O)c1ccn(C)c1C(Nc1cc(C)c(=O)n(C)c1)c1ccccc1. The summed E-state index contributed by atoms with van der Waals surface area (Å²) in [6.07, 6.45) is 3.59. The third-order valence-electron chi connectivity index (χ3n) is 4.61. The van der Waals surface area contributed by atoms with Crippen molar-refractivity contribution in [3.05, 3.63) is 87.6 Å². The van der Waals surface area contributed by atoms with Crippen LogP contribution in [-0.4, -0.2) is 22.2 Å². The molecule has 0 aliphatic carbocycles. The minimum atomic E-state index is -0.384. The number of hydrogen-bond acceptors (Lipinski definition) is 4. The molecule has 6 nitrogen and oxygen atoms in total. The third kappa shape index (κ3) is 3.65. The summed E-state index contributed by atoms with van der Waals surface area (Å²) in [5, 5.41) is 3.48. The predicted molar refractivity (Wildman–Crippen MR) is 105 cm³/mol. The number of benzene rings is 1. The molecule has 0 saturated carbocycles. The summed E-state index contributed by atoms with van der Waals surface area (Å²) in [5.74, 6) is -0.384. The van der Waals surface area contributed by atoms with E-state index in [4.69, 9.17) is 4.74 Å². The number of carbonyl (C=O) groups excluding carboxylic acids is 1. The lowest BCUT2D eigenvalue weighted by Crippen LogP contribution is -2.22. The molecule has 1 atom stereocenters. The fourth-order valence-corrected chi connectivity index (χ4v) is 3.26. The largest absolute Gasteiger partial charge is 0.465 e. The number of hydrogen-bond donors (Lipinski definition) is 1. The van der Waals surface area contributed by atoms with E-state index in [2.05, 4.69) is 5.32 Å². The molecule has 140 valence electrons. The van der Waals surface area contributed by atoms with Gasteiger partial charge in [0.25, 0.3) is 5.56 Å². The van der Waals surface area contributed by atoms with Crippen LogP contribution in [0.4, 0.5) is 5.69 Å². The van der Waals surface area contributed by atoms with Gasteiger partial charge in [0.2, 0.25) is 0 Å². The lowest BCUT2D eigenvalue weighted by molar-refractivity contribution is 0.0599. The molecule has 2 aromatic heterocycles. The van der Waals surface area contributed by atoms with Gasteiger partial charge in [-0.15, -0.1) is 0 Å². The Kier molecular flexibility index (Phi) is 5.16. The lowest BCUT2D eigenvalue weighted by atomic mass is 10.00. The highest BCUT2D eigenvalue weighted by Crippen LogP contribution is 2.30. The van der Waals surface area contributed by atoms with Crippen molar-refractivity contribution in [3.63, 3.8) is 0 Å². The molecule has 0 amide bonds. The van der Waals surface area contributed by atoms with Gasteiger partial charge < -0.3 is 19.2 Å². The van der Waals surface area contributed by atoms with Crippen LogP contribution in [0.2, 0.25) is 0 Å². The molecule has 0 spiro atoms. The van der Waals surface area contributed by atoms with Gasteiger partial charge in [-0.05, 0) is 24.6 Å². The maximum Gasteiger partial charge on any atom is 0.339 e. The van der Waals surface area contributed by atoms with Gasteiger partial charge in [0.1, 0.15) is 0 Å². The molecule has 0 saturated heterocycles. The van der Waals surface area contributed by atoms with Gasteiger partial charge in [0.15, 0.2) is 0 Å². The van der Waals surface area contributed by atoms with Crippen molar-refractivity contribution in [1.29, 1.82) is 0 Å². The average molecular weight is 365 g/mol. The van der Waals surface area contributed by atoms with Crippen molar-refractivity contribution < 1.29 is 9.53 Å². The van der Waals surface area contributed by atoms with E-state index < -0.39 is 0 Å². The summed E-state index contributed by atoms with van der Waals surface area (Å²) in [6.45, 7) is 1.79. The van der Waals surface area contributed by atoms with Crippen LogP contribution >= 0.6 is 0 Å². The van der Waals surface area contributed by atoms with E-state index in [0.29, 0.717) is 11.1 Å². The van der Waals surface area contributed by atoms with E-state index in [1.54, 1.807) is 30.8 Å². The Labute approximate surface area is 158 Å². The zero-order valence-corrected chi connectivity index (χ0v) is 15.9. The number of aryl methyl sites for hydroxylation is 3. The smallest absolute Gasteiger partial charge is 0.339 e. The number of methoxy groups -OCH3 is 1. The zero-order chi connectivity index (χ0) is 19.6. The topological polar surface area (TPSA) is 65.3 Å². The molecular formula is C21H23N3O3. The van der Waals surface area contributed by atoms with Crippen LogP contribution in [0.3, 0.4) is 0 Å². The number of esters is 1. The number of carbonyl (C=O) groups is 1. The molecule has 0 fully saturated rings. The van der Waals surface area contributed by atoms with Gasteiger partial charge in [-0.3, -0.25) is 4.79 Å². The maximum absolute atomic E-state index is 12.3. The van der Waals surface area contributed by atoms with Crippen LogP contribution in [0.25, 0.3) is 0 Å². The van der Waals surface area contributed by atoms with Gasteiger partial charge in [-0.25, -0.2) is 4.79 Å². The number of aromatic nitrogens is 2. The van der Waals surface area contributed by atoms with Crippen LogP contribution in [-0.2, 0) is 18.8 Å². The van der Waals surface area contributed by atoms with Gasteiger partial charge in [-0.1, -0.05) is 30.3 Å². The van der Waals surface area contributed by atoms with E-state index in [9.17, 15) is 9.59 Å². The second-order valence-corrected chi connectivity index (χ2v) is 6.53. The van der Waals surface area contributed by atoms with E-state index in [0.717, 1.165) is 16.9 Å². The number of ether oxygens (including phenoxy) is 1. The number of pyridine rings is 1. The highest BCUT2D eigenvalue weighted by Gasteiger charge is 2.25. The first kappa shape index (κ1) is 18.5. The Bertz CT molecular complexity index is 993. The Balaban J connectivity index is 2.13. The first-order chi connectivity index (χ1) is 12.9. The monoisotopic (exact) mass is 365 g/mol. The standard InChI is InChI=1S/C21H23N3O3/c1-14-12-16(13-24(3)20(14)25)22-18(15-8-6-5-7-9-15)19-17(21(26)27-4)10-11-23(19)2/h5-13,18,22H,1-4H3. The Morgan fingerprint density at radius 3 is 2.44 bits per heavy atom. The number of anilines is 1. The maximum atomic E-state index is 12.3. The molecule has 0 aliphatic rings. The summed E-state index contributed by atoms with van der Waals surface area (Å²) in [4.78, 5) is 24.3. The Morgan fingerprint density at radius 2 is 1.81 bits per heavy atom. The van der Waals surface area contributed by atoms with Crippen LogP contribution in [0.1, 0.15) is 33.2 Å². The molecule has 1 aromatic carbocycles. The van der Waals surface area contributed by atoms with E-state index in [1.807, 2.05) is 54.2 Å². The summed E-state index contributed by atoms with van der Waals surface area (Å²) in [5.41, 5.74) is 3.69. The third-order valence-corrected chi connectivity index (χ3v) is 4.61. The minimum Gasteiger partial charge on any atom is -0.465 e. The summed E-state index contributed by atoms with van der Waals surface area (Å²) in [6, 6.07) is 13.1. The van der Waals surface area contributed by atoms with E-state index in [1.165, 1.54) is 7.11 Å². The highest BCUT2D eigenvalue weighted by atomic mass is 16.5. The molecular weight excluding hydrogens is 342 g/mol. The molecule has 0 aliphatic heterocycles. The highest BCUT2D eigenvalue weighted by molar-refractivity contribution is 5.91. The van der Waals surface area contributed by atoms with Crippen molar-refractivity contribution in [2.24, 2.45) is 14.1 Å². The summed E-state index contributed by atoms with van der Waals surface area (Å²) < 4.78 is 8.41. The van der Waals surface area contributed by atoms with Crippen LogP contribution in [0, 0.1) is 6.92 Å². The van der Waals surface area contributed by atoms with Gasteiger partial charge in [-0.2, -0.15) is 0 Å². The molecule has 6 heteroatoms. The zero-order valence-electron chi connectivity index (χ0n) is 15.9. The number of nitrogens with zero attached hydrogens (tertiary/aromatic N) is 2. The molecule has 3 rings (SSSR count). The summed E-state index contributed by atoms with van der Waals surface area (Å²) in [7, 11) is 4.99.